The largest absolute Gasteiger partial charge is 0.203 e. The molecule has 2 heteroatoms. The number of hydrogen-bond donors (Lipinski definition) is 0. The molecule has 0 saturated heterocycles. The third kappa shape index (κ3) is 3.68. The first-order valence-electron chi connectivity index (χ1n) is 9.54. The number of halogens is 2. The zero-order valence-corrected chi connectivity index (χ0v) is 16.1. The fourth-order valence-electron chi connectivity index (χ4n) is 3.53. The summed E-state index contributed by atoms with van der Waals surface area (Å²) in [6, 6.07) is 24.6. The lowest BCUT2D eigenvalue weighted by Gasteiger charge is -2.09. The zero-order valence-electron chi connectivity index (χ0n) is 16.1. The molecule has 0 amide bonds. The fourth-order valence-corrected chi connectivity index (χ4v) is 3.53. The van der Waals surface area contributed by atoms with Crippen LogP contribution in [0.2, 0.25) is 0 Å². The molecule has 0 aliphatic rings. The van der Waals surface area contributed by atoms with Gasteiger partial charge in [0, 0.05) is 0 Å². The van der Waals surface area contributed by atoms with Gasteiger partial charge < -0.3 is 0 Å². The number of fused-ring (bicyclic) bond motifs is 1. The van der Waals surface area contributed by atoms with Crippen molar-refractivity contribution < 1.29 is 8.78 Å². The minimum atomic E-state index is -0.736. The smallest absolute Gasteiger partial charge is 0.162 e. The SMILES string of the molecule is Cc1ccc(-c2ccc3cc(CCc4ccc(C)c(F)c4F)ccc3c2)cc1. The van der Waals surface area contributed by atoms with Crippen molar-refractivity contribution in [1.82, 2.24) is 0 Å². The van der Waals surface area contributed by atoms with Crippen LogP contribution in [0.5, 0.6) is 0 Å². The van der Waals surface area contributed by atoms with E-state index in [1.54, 1.807) is 19.1 Å². The standard InChI is InChI=1S/C26H22F2/c1-17-3-8-20(9-4-17)23-14-13-22-15-19(7-12-24(22)16-23)6-11-21-10-5-18(2)25(27)26(21)28/h3-5,7-10,12-16H,6,11H2,1-2H3. The van der Waals surface area contributed by atoms with Gasteiger partial charge in [-0.1, -0.05) is 72.3 Å². The summed E-state index contributed by atoms with van der Waals surface area (Å²) in [6.45, 7) is 3.67. The van der Waals surface area contributed by atoms with Crippen molar-refractivity contribution in [2.45, 2.75) is 26.7 Å². The van der Waals surface area contributed by atoms with Gasteiger partial charge in [0.05, 0.1) is 0 Å². The Morgan fingerprint density at radius 1 is 0.607 bits per heavy atom. The van der Waals surface area contributed by atoms with E-state index >= 15 is 0 Å². The van der Waals surface area contributed by atoms with Crippen LogP contribution < -0.4 is 0 Å². The van der Waals surface area contributed by atoms with E-state index < -0.39 is 11.6 Å². The molecular formula is C26H22F2. The van der Waals surface area contributed by atoms with Crippen LogP contribution in [0.25, 0.3) is 21.9 Å². The van der Waals surface area contributed by atoms with E-state index in [1.165, 1.54) is 22.1 Å². The number of benzene rings is 4. The van der Waals surface area contributed by atoms with Gasteiger partial charge in [0.1, 0.15) is 0 Å². The van der Waals surface area contributed by atoms with Crippen LogP contribution in [0.4, 0.5) is 8.78 Å². The molecule has 0 aliphatic heterocycles. The van der Waals surface area contributed by atoms with E-state index in [2.05, 4.69) is 67.6 Å². The van der Waals surface area contributed by atoms with E-state index in [0.717, 1.165) is 10.9 Å². The maximum atomic E-state index is 14.1. The van der Waals surface area contributed by atoms with Gasteiger partial charge in [0.2, 0.25) is 0 Å². The van der Waals surface area contributed by atoms with E-state index in [-0.39, 0.29) is 0 Å². The Balaban J connectivity index is 1.56. The highest BCUT2D eigenvalue weighted by molar-refractivity contribution is 5.87. The molecule has 0 unspecified atom stereocenters. The van der Waals surface area contributed by atoms with Gasteiger partial charge in [0.25, 0.3) is 0 Å². The third-order valence-corrected chi connectivity index (χ3v) is 5.33. The van der Waals surface area contributed by atoms with Crippen molar-refractivity contribution in [2.75, 3.05) is 0 Å². The lowest BCUT2D eigenvalue weighted by molar-refractivity contribution is 0.493. The molecule has 0 atom stereocenters. The predicted molar refractivity (Wildman–Crippen MR) is 113 cm³/mol. The summed E-state index contributed by atoms with van der Waals surface area (Å²) in [5, 5.41) is 2.33. The summed E-state index contributed by atoms with van der Waals surface area (Å²) in [7, 11) is 0. The van der Waals surface area contributed by atoms with Gasteiger partial charge in [0.15, 0.2) is 11.6 Å². The average Bonchev–Trinajstić information content (AvgIpc) is 2.71. The van der Waals surface area contributed by atoms with Gasteiger partial charge in [-0.05, 0) is 71.3 Å². The highest BCUT2D eigenvalue weighted by Crippen LogP contribution is 2.26. The zero-order chi connectivity index (χ0) is 19.7. The summed E-state index contributed by atoms with van der Waals surface area (Å²) < 4.78 is 27.8. The third-order valence-electron chi connectivity index (χ3n) is 5.33. The molecule has 0 aromatic heterocycles. The van der Waals surface area contributed by atoms with Gasteiger partial charge in [-0.3, -0.25) is 0 Å². The average molecular weight is 372 g/mol. The Hall–Kier alpha value is -3.00. The van der Waals surface area contributed by atoms with Gasteiger partial charge in [-0.25, -0.2) is 8.78 Å². The molecule has 0 heterocycles. The summed E-state index contributed by atoms with van der Waals surface area (Å²) in [6.07, 6.45) is 1.16. The van der Waals surface area contributed by atoms with Crippen molar-refractivity contribution in [3.05, 3.63) is 107 Å². The predicted octanol–water partition coefficient (Wildman–Crippen LogP) is 7.19. The Bertz CT molecular complexity index is 1140. The molecule has 4 aromatic carbocycles. The van der Waals surface area contributed by atoms with E-state index in [0.29, 0.717) is 24.0 Å². The second-order valence-electron chi connectivity index (χ2n) is 7.43. The number of hydrogen-bond acceptors (Lipinski definition) is 0. The monoisotopic (exact) mass is 372 g/mol. The van der Waals surface area contributed by atoms with Crippen LogP contribution in [0.3, 0.4) is 0 Å². The molecule has 0 nitrogen and oxygen atoms in total. The first-order valence-corrected chi connectivity index (χ1v) is 9.54. The minimum Gasteiger partial charge on any atom is -0.203 e. The second kappa shape index (κ2) is 7.55. The minimum absolute atomic E-state index is 0.344. The van der Waals surface area contributed by atoms with Crippen LogP contribution in [-0.4, -0.2) is 0 Å². The Morgan fingerprint density at radius 3 is 2.07 bits per heavy atom. The first kappa shape index (κ1) is 18.4. The lowest BCUT2D eigenvalue weighted by Crippen LogP contribution is -1.99. The molecule has 0 aliphatic carbocycles. The fraction of sp³-hybridized carbons (Fsp3) is 0.154. The van der Waals surface area contributed by atoms with Crippen LogP contribution in [0, 0.1) is 25.5 Å². The lowest BCUT2D eigenvalue weighted by atomic mass is 9.97. The first-order chi connectivity index (χ1) is 13.5. The van der Waals surface area contributed by atoms with Gasteiger partial charge in [-0.15, -0.1) is 0 Å². The van der Waals surface area contributed by atoms with Crippen LogP contribution >= 0.6 is 0 Å². The quantitative estimate of drug-likeness (QED) is 0.356. The summed E-state index contributed by atoms with van der Waals surface area (Å²) in [5.74, 6) is -1.46. The summed E-state index contributed by atoms with van der Waals surface area (Å²) in [4.78, 5) is 0. The molecule has 4 rings (SSSR count). The maximum Gasteiger partial charge on any atom is 0.162 e. The molecule has 0 N–H and O–H groups in total. The Labute approximate surface area is 164 Å². The second-order valence-corrected chi connectivity index (χ2v) is 7.43. The molecule has 28 heavy (non-hydrogen) atoms. The molecule has 0 fully saturated rings. The number of rotatable bonds is 4. The van der Waals surface area contributed by atoms with Crippen molar-refractivity contribution in [3.63, 3.8) is 0 Å². The highest BCUT2D eigenvalue weighted by Gasteiger charge is 2.11. The van der Waals surface area contributed by atoms with Crippen molar-refractivity contribution in [3.8, 4) is 11.1 Å². The molecule has 0 spiro atoms. The van der Waals surface area contributed by atoms with E-state index in [4.69, 9.17) is 0 Å². The molecule has 0 bridgehead atoms. The summed E-state index contributed by atoms with van der Waals surface area (Å²) >= 11 is 0. The highest BCUT2D eigenvalue weighted by atomic mass is 19.2. The summed E-state index contributed by atoms with van der Waals surface area (Å²) in [5.41, 5.74) is 5.54. The normalized spacial score (nSPS) is 11.1. The van der Waals surface area contributed by atoms with E-state index in [1.807, 2.05) is 0 Å². The van der Waals surface area contributed by atoms with Crippen molar-refractivity contribution in [2.24, 2.45) is 0 Å². The van der Waals surface area contributed by atoms with E-state index in [9.17, 15) is 8.78 Å². The molecular weight excluding hydrogens is 350 g/mol. The molecule has 0 saturated carbocycles. The van der Waals surface area contributed by atoms with Crippen LogP contribution in [-0.2, 0) is 12.8 Å². The molecule has 0 radical (unpaired) electrons. The molecule has 140 valence electrons. The Morgan fingerprint density at radius 2 is 1.29 bits per heavy atom. The number of aryl methyl sites for hydroxylation is 4. The van der Waals surface area contributed by atoms with Gasteiger partial charge >= 0.3 is 0 Å². The topological polar surface area (TPSA) is 0 Å². The van der Waals surface area contributed by atoms with Gasteiger partial charge in [-0.2, -0.15) is 0 Å². The van der Waals surface area contributed by atoms with Crippen LogP contribution in [0.1, 0.15) is 22.3 Å². The van der Waals surface area contributed by atoms with Crippen molar-refractivity contribution in [1.29, 1.82) is 0 Å². The Kier molecular flexibility index (Phi) is 4.95. The van der Waals surface area contributed by atoms with Crippen molar-refractivity contribution >= 4 is 10.8 Å². The molecule has 4 aromatic rings. The van der Waals surface area contributed by atoms with Crippen LogP contribution in [0.15, 0.2) is 72.8 Å². The maximum absolute atomic E-state index is 14.1.